The Kier molecular flexibility index (Phi) is 6.05. The van der Waals surface area contributed by atoms with E-state index in [0.29, 0.717) is 23.5 Å². The number of aliphatic hydroxyl groups excluding tert-OH is 1. The van der Waals surface area contributed by atoms with Gasteiger partial charge in [0.2, 0.25) is 0 Å². The normalized spacial score (nSPS) is 22.5. The second-order valence-electron chi connectivity index (χ2n) is 10.4. The van der Waals surface area contributed by atoms with E-state index in [9.17, 15) is 19.5 Å². The molecule has 2 aliphatic carbocycles. The number of methoxy groups -OCH3 is 2. The van der Waals surface area contributed by atoms with E-state index >= 15 is 0 Å². The highest BCUT2D eigenvalue weighted by atomic mass is 16.5. The number of ether oxygens (including phenoxy) is 2. The molecule has 0 spiro atoms. The summed E-state index contributed by atoms with van der Waals surface area (Å²) in [6, 6.07) is 5.11. The number of Topliss-reactive ketones (excluding diaryl/α,β-unsaturated/α-hetero) is 3. The first-order valence-electron chi connectivity index (χ1n) is 10.6. The summed E-state index contributed by atoms with van der Waals surface area (Å²) >= 11 is 0. The zero-order valence-corrected chi connectivity index (χ0v) is 19.2. The van der Waals surface area contributed by atoms with Crippen molar-refractivity contribution >= 4 is 17.3 Å². The van der Waals surface area contributed by atoms with Crippen LogP contribution < -0.4 is 9.47 Å². The Morgan fingerprint density at radius 3 is 1.77 bits per heavy atom. The van der Waals surface area contributed by atoms with E-state index in [2.05, 4.69) is 0 Å². The van der Waals surface area contributed by atoms with Gasteiger partial charge in [0.05, 0.1) is 20.1 Å². The van der Waals surface area contributed by atoms with E-state index in [-0.39, 0.29) is 53.4 Å². The number of hydrogen-bond acceptors (Lipinski definition) is 6. The Labute approximate surface area is 183 Å². The lowest BCUT2D eigenvalue weighted by molar-refractivity contribution is -0.140. The van der Waals surface area contributed by atoms with Crippen LogP contribution in [-0.2, 0) is 14.4 Å². The fraction of sp³-hybridized carbons (Fsp3) is 0.560. The van der Waals surface area contributed by atoms with Crippen molar-refractivity contribution in [3.05, 3.63) is 35.1 Å². The van der Waals surface area contributed by atoms with E-state index in [0.717, 1.165) is 0 Å². The SMILES string of the molecule is COc1cc(OC)cc([C@H](C2=C(O)CC(C)(C)CC2=O)C2C(=O)CC(C)(C)CC2=O)c1. The van der Waals surface area contributed by atoms with E-state index in [1.165, 1.54) is 14.2 Å². The fourth-order valence-electron chi connectivity index (χ4n) is 4.97. The maximum absolute atomic E-state index is 13.2. The average Bonchev–Trinajstić information content (AvgIpc) is 2.63. The molecule has 1 fully saturated rings. The van der Waals surface area contributed by atoms with Crippen LogP contribution in [0.15, 0.2) is 29.5 Å². The van der Waals surface area contributed by atoms with Crippen LogP contribution in [0.1, 0.15) is 64.9 Å². The molecule has 6 heteroatoms. The third-order valence-corrected chi connectivity index (χ3v) is 6.27. The van der Waals surface area contributed by atoms with E-state index < -0.39 is 17.3 Å². The number of carbonyl (C=O) groups is 3. The van der Waals surface area contributed by atoms with Crippen molar-refractivity contribution in [2.24, 2.45) is 16.7 Å². The van der Waals surface area contributed by atoms with Crippen molar-refractivity contribution in [3.63, 3.8) is 0 Å². The molecule has 1 aromatic carbocycles. The third kappa shape index (κ3) is 4.68. The Morgan fingerprint density at radius 1 is 0.839 bits per heavy atom. The highest BCUT2D eigenvalue weighted by molar-refractivity contribution is 6.09. The molecule has 0 amide bonds. The van der Waals surface area contributed by atoms with Gasteiger partial charge < -0.3 is 14.6 Å². The van der Waals surface area contributed by atoms with Crippen molar-refractivity contribution in [2.75, 3.05) is 14.2 Å². The molecule has 1 atom stereocenters. The van der Waals surface area contributed by atoms with E-state index in [4.69, 9.17) is 9.47 Å². The van der Waals surface area contributed by atoms with Gasteiger partial charge in [-0.25, -0.2) is 0 Å². The minimum Gasteiger partial charge on any atom is -0.512 e. The van der Waals surface area contributed by atoms with Gasteiger partial charge in [-0.15, -0.1) is 0 Å². The van der Waals surface area contributed by atoms with Gasteiger partial charge in [-0.1, -0.05) is 27.7 Å². The first-order valence-corrected chi connectivity index (χ1v) is 10.6. The molecule has 0 aliphatic heterocycles. The monoisotopic (exact) mass is 428 g/mol. The largest absolute Gasteiger partial charge is 0.512 e. The van der Waals surface area contributed by atoms with Crippen LogP contribution in [0.3, 0.4) is 0 Å². The van der Waals surface area contributed by atoms with Gasteiger partial charge >= 0.3 is 0 Å². The maximum atomic E-state index is 13.2. The van der Waals surface area contributed by atoms with Crippen molar-refractivity contribution in [2.45, 2.75) is 59.3 Å². The number of rotatable bonds is 5. The lowest BCUT2D eigenvalue weighted by Gasteiger charge is -2.39. The number of ketones is 3. The number of allylic oxidation sites excluding steroid dienone is 2. The van der Waals surface area contributed by atoms with Crippen molar-refractivity contribution in [1.29, 1.82) is 0 Å². The zero-order valence-electron chi connectivity index (χ0n) is 19.2. The summed E-state index contributed by atoms with van der Waals surface area (Å²) < 4.78 is 10.8. The van der Waals surface area contributed by atoms with Gasteiger partial charge in [-0.3, -0.25) is 14.4 Å². The average molecular weight is 429 g/mol. The quantitative estimate of drug-likeness (QED) is 0.692. The summed E-state index contributed by atoms with van der Waals surface area (Å²) in [5, 5.41) is 10.9. The van der Waals surface area contributed by atoms with Gasteiger partial charge in [0.1, 0.15) is 28.8 Å². The summed E-state index contributed by atoms with van der Waals surface area (Å²) in [5.74, 6) is -1.60. The minimum absolute atomic E-state index is 0.0431. The number of benzene rings is 1. The second kappa shape index (κ2) is 8.13. The first kappa shape index (κ1) is 23.0. The van der Waals surface area contributed by atoms with E-state index in [1.54, 1.807) is 18.2 Å². The Morgan fingerprint density at radius 2 is 1.32 bits per heavy atom. The smallest absolute Gasteiger partial charge is 0.163 e. The second-order valence-corrected chi connectivity index (χ2v) is 10.4. The number of aliphatic hydroxyl groups is 1. The van der Waals surface area contributed by atoms with Crippen LogP contribution in [0.4, 0.5) is 0 Å². The molecule has 0 radical (unpaired) electrons. The van der Waals surface area contributed by atoms with Crippen LogP contribution in [0.2, 0.25) is 0 Å². The van der Waals surface area contributed by atoms with Crippen LogP contribution >= 0.6 is 0 Å². The topological polar surface area (TPSA) is 89.9 Å². The van der Waals surface area contributed by atoms with Gasteiger partial charge in [-0.2, -0.15) is 0 Å². The molecule has 1 aromatic rings. The minimum atomic E-state index is -1.02. The van der Waals surface area contributed by atoms with Gasteiger partial charge in [0.15, 0.2) is 5.78 Å². The molecule has 3 rings (SSSR count). The summed E-state index contributed by atoms with van der Waals surface area (Å²) in [5.41, 5.74) is -0.0848. The van der Waals surface area contributed by atoms with Gasteiger partial charge in [0, 0.05) is 43.2 Å². The third-order valence-electron chi connectivity index (χ3n) is 6.27. The lowest BCUT2D eigenvalue weighted by atomic mass is 9.62. The first-order chi connectivity index (χ1) is 14.4. The summed E-state index contributed by atoms with van der Waals surface area (Å²) in [6.45, 7) is 7.63. The van der Waals surface area contributed by atoms with E-state index in [1.807, 2.05) is 27.7 Å². The summed E-state index contributed by atoms with van der Waals surface area (Å²) in [6.07, 6.45) is 1.04. The highest BCUT2D eigenvalue weighted by Crippen LogP contribution is 2.48. The molecule has 31 heavy (non-hydrogen) atoms. The number of carbonyl (C=O) groups excluding carboxylic acids is 3. The molecule has 168 valence electrons. The molecular weight excluding hydrogens is 396 g/mol. The molecule has 0 bridgehead atoms. The Balaban J connectivity index is 2.22. The van der Waals surface area contributed by atoms with Crippen molar-refractivity contribution < 1.29 is 29.0 Å². The fourth-order valence-corrected chi connectivity index (χ4v) is 4.97. The summed E-state index contributed by atoms with van der Waals surface area (Å²) in [4.78, 5) is 39.7. The molecular formula is C25H32O6. The predicted octanol–water partition coefficient (Wildman–Crippen LogP) is 4.56. The van der Waals surface area contributed by atoms with Crippen molar-refractivity contribution in [1.82, 2.24) is 0 Å². The Hall–Kier alpha value is -2.63. The van der Waals surface area contributed by atoms with Crippen LogP contribution in [0.5, 0.6) is 11.5 Å². The highest BCUT2D eigenvalue weighted by Gasteiger charge is 2.48. The standard InChI is InChI=1S/C25H32O6/c1-24(2)10-17(26)22(18(27)11-24)21(14-7-15(30-5)9-16(8-14)31-6)23-19(28)12-25(3,4)13-20(23)29/h7-9,21-22,28H,10-13H2,1-6H3/t21-/m0/s1. The lowest BCUT2D eigenvalue weighted by Crippen LogP contribution is -2.43. The molecule has 0 saturated heterocycles. The van der Waals surface area contributed by atoms with Crippen molar-refractivity contribution in [3.8, 4) is 11.5 Å². The molecule has 1 N–H and O–H groups in total. The predicted molar refractivity (Wildman–Crippen MR) is 116 cm³/mol. The van der Waals surface area contributed by atoms with Gasteiger partial charge in [0.25, 0.3) is 0 Å². The van der Waals surface area contributed by atoms with Crippen LogP contribution in [0, 0.1) is 16.7 Å². The molecule has 0 aromatic heterocycles. The molecule has 0 heterocycles. The zero-order chi connectivity index (χ0) is 23.1. The molecule has 1 saturated carbocycles. The number of hydrogen-bond donors (Lipinski definition) is 1. The summed E-state index contributed by atoms with van der Waals surface area (Å²) in [7, 11) is 3.02. The van der Waals surface area contributed by atoms with Crippen LogP contribution in [0.25, 0.3) is 0 Å². The maximum Gasteiger partial charge on any atom is 0.163 e. The molecule has 2 aliphatic rings. The molecule has 6 nitrogen and oxygen atoms in total. The van der Waals surface area contributed by atoms with Gasteiger partial charge in [-0.05, 0) is 28.5 Å². The molecule has 0 unspecified atom stereocenters. The van der Waals surface area contributed by atoms with Crippen LogP contribution in [-0.4, -0.2) is 36.7 Å². The Bertz CT molecular complexity index is 911.